The standard InChI is InChI=1S/C25H26F2N8O/c1-32-30-24(29-31-32)16-6-10-33(11-7-16)25(36)20-15-28-35-12-8-18(14-23(20)35)34-9-2-3-22(34)19-13-17(26)4-5-21(19)27/h4-5,8,12-16,22H,2-3,6-7,9-11H2,1H3/t22-/m1/s1. The second kappa shape index (κ2) is 8.96. The van der Waals surface area contributed by atoms with Crippen LogP contribution in [0.25, 0.3) is 5.52 Å². The van der Waals surface area contributed by atoms with Crippen LogP contribution >= 0.6 is 0 Å². The molecule has 36 heavy (non-hydrogen) atoms. The zero-order valence-corrected chi connectivity index (χ0v) is 19.9. The van der Waals surface area contributed by atoms with Crippen LogP contribution in [0.2, 0.25) is 0 Å². The van der Waals surface area contributed by atoms with Gasteiger partial charge in [-0.1, -0.05) is 0 Å². The molecule has 9 nitrogen and oxygen atoms in total. The summed E-state index contributed by atoms with van der Waals surface area (Å²) >= 11 is 0. The van der Waals surface area contributed by atoms with Crippen molar-refractivity contribution in [3.63, 3.8) is 0 Å². The number of fused-ring (bicyclic) bond motifs is 1. The minimum atomic E-state index is -0.448. The van der Waals surface area contributed by atoms with Gasteiger partial charge in [0.2, 0.25) is 0 Å². The Hall–Kier alpha value is -3.89. The number of piperidine rings is 1. The van der Waals surface area contributed by atoms with E-state index in [-0.39, 0.29) is 17.9 Å². The number of pyridine rings is 1. The molecule has 2 aliphatic rings. The van der Waals surface area contributed by atoms with Gasteiger partial charge in [0, 0.05) is 43.0 Å². The van der Waals surface area contributed by atoms with Crippen molar-refractivity contribution in [2.24, 2.45) is 7.05 Å². The second-order valence-corrected chi connectivity index (χ2v) is 9.49. The van der Waals surface area contributed by atoms with Crippen molar-refractivity contribution in [1.29, 1.82) is 0 Å². The van der Waals surface area contributed by atoms with Crippen LogP contribution in [-0.4, -0.2) is 60.3 Å². The van der Waals surface area contributed by atoms with Gasteiger partial charge in [-0.3, -0.25) is 4.79 Å². The number of hydrogen-bond acceptors (Lipinski definition) is 6. The van der Waals surface area contributed by atoms with Crippen LogP contribution in [0.15, 0.2) is 42.7 Å². The lowest BCUT2D eigenvalue weighted by Crippen LogP contribution is -2.38. The highest BCUT2D eigenvalue weighted by atomic mass is 19.1. The first-order valence-electron chi connectivity index (χ1n) is 12.2. The van der Waals surface area contributed by atoms with Crippen LogP contribution in [0, 0.1) is 11.6 Å². The molecule has 0 aliphatic carbocycles. The molecule has 2 fully saturated rings. The number of amides is 1. The fourth-order valence-corrected chi connectivity index (χ4v) is 5.46. The zero-order valence-electron chi connectivity index (χ0n) is 19.9. The molecule has 2 saturated heterocycles. The minimum absolute atomic E-state index is 0.0677. The van der Waals surface area contributed by atoms with Crippen molar-refractivity contribution in [3.8, 4) is 0 Å². The van der Waals surface area contributed by atoms with Crippen LogP contribution < -0.4 is 4.90 Å². The zero-order chi connectivity index (χ0) is 24.8. The second-order valence-electron chi connectivity index (χ2n) is 9.49. The lowest BCUT2D eigenvalue weighted by atomic mass is 9.96. The summed E-state index contributed by atoms with van der Waals surface area (Å²) in [4.78, 5) is 18.8. The third-order valence-electron chi connectivity index (χ3n) is 7.31. The molecule has 4 aromatic rings. The Kier molecular flexibility index (Phi) is 5.62. The monoisotopic (exact) mass is 492 g/mol. The van der Waals surface area contributed by atoms with Gasteiger partial charge in [-0.2, -0.15) is 9.90 Å². The molecular formula is C25H26F2N8O. The van der Waals surface area contributed by atoms with Crippen LogP contribution in [-0.2, 0) is 7.05 Å². The highest BCUT2D eigenvalue weighted by Gasteiger charge is 2.31. The number of aryl methyl sites for hydroxylation is 1. The Morgan fingerprint density at radius 3 is 2.67 bits per heavy atom. The molecule has 3 aromatic heterocycles. The number of tetrazole rings is 1. The van der Waals surface area contributed by atoms with Crippen molar-refractivity contribution in [3.05, 3.63) is 71.3 Å². The number of benzene rings is 1. The molecule has 0 bridgehead atoms. The first-order chi connectivity index (χ1) is 17.5. The summed E-state index contributed by atoms with van der Waals surface area (Å²) in [5.74, 6) is -0.0125. The van der Waals surface area contributed by atoms with Gasteiger partial charge in [0.25, 0.3) is 5.91 Å². The number of rotatable bonds is 4. The van der Waals surface area contributed by atoms with Gasteiger partial charge in [0.15, 0.2) is 5.82 Å². The predicted octanol–water partition coefficient (Wildman–Crippen LogP) is 3.50. The maximum absolute atomic E-state index is 14.6. The Balaban J connectivity index is 1.24. The summed E-state index contributed by atoms with van der Waals surface area (Å²) in [6.07, 6.45) is 6.56. The van der Waals surface area contributed by atoms with E-state index in [0.29, 0.717) is 29.7 Å². The Labute approximate surface area is 206 Å². The van der Waals surface area contributed by atoms with Gasteiger partial charge in [-0.05, 0) is 61.2 Å². The van der Waals surface area contributed by atoms with E-state index in [1.165, 1.54) is 16.9 Å². The van der Waals surface area contributed by atoms with E-state index in [0.717, 1.165) is 49.8 Å². The number of hydrogen-bond donors (Lipinski definition) is 0. The van der Waals surface area contributed by atoms with Crippen LogP contribution in [0.1, 0.15) is 59.4 Å². The average molecular weight is 493 g/mol. The summed E-state index contributed by atoms with van der Waals surface area (Å²) in [5.41, 5.74) is 2.44. The number of carbonyl (C=O) groups is 1. The summed E-state index contributed by atoms with van der Waals surface area (Å²) in [6.45, 7) is 1.93. The van der Waals surface area contributed by atoms with Gasteiger partial charge in [0.1, 0.15) is 11.6 Å². The SMILES string of the molecule is Cn1nnc(C2CCN(C(=O)c3cnn4ccc(N5CCC[C@@H]5c5cc(F)ccc5F)cc34)CC2)n1. The molecule has 0 N–H and O–H groups in total. The number of halogens is 2. The molecule has 1 atom stereocenters. The largest absolute Gasteiger partial charge is 0.364 e. The summed E-state index contributed by atoms with van der Waals surface area (Å²) < 4.78 is 30.1. The fourth-order valence-electron chi connectivity index (χ4n) is 5.46. The number of carbonyl (C=O) groups excluding carboxylic acids is 1. The van der Waals surface area contributed by atoms with Crippen molar-refractivity contribution >= 4 is 17.1 Å². The smallest absolute Gasteiger partial charge is 0.257 e. The van der Waals surface area contributed by atoms with Gasteiger partial charge in [0.05, 0.1) is 30.4 Å². The molecule has 0 spiro atoms. The van der Waals surface area contributed by atoms with Gasteiger partial charge in [-0.25, -0.2) is 13.3 Å². The molecule has 11 heteroatoms. The van der Waals surface area contributed by atoms with Gasteiger partial charge < -0.3 is 9.80 Å². The van der Waals surface area contributed by atoms with E-state index >= 15 is 0 Å². The summed E-state index contributed by atoms with van der Waals surface area (Å²) in [7, 11) is 1.74. The molecule has 6 rings (SSSR count). The Morgan fingerprint density at radius 2 is 1.89 bits per heavy atom. The maximum atomic E-state index is 14.6. The van der Waals surface area contributed by atoms with Gasteiger partial charge in [-0.15, -0.1) is 10.2 Å². The van der Waals surface area contributed by atoms with Crippen molar-refractivity contribution < 1.29 is 13.6 Å². The van der Waals surface area contributed by atoms with Crippen molar-refractivity contribution in [2.45, 2.75) is 37.6 Å². The molecule has 0 radical (unpaired) electrons. The number of aromatic nitrogens is 6. The number of likely N-dealkylation sites (tertiary alicyclic amines) is 1. The first-order valence-corrected chi connectivity index (χ1v) is 12.2. The molecule has 0 saturated carbocycles. The molecule has 2 aliphatic heterocycles. The molecule has 5 heterocycles. The van der Waals surface area contributed by atoms with E-state index in [4.69, 9.17) is 0 Å². The Bertz CT molecular complexity index is 1420. The topological polar surface area (TPSA) is 84.5 Å². The highest BCUT2D eigenvalue weighted by Crippen LogP contribution is 2.38. The van der Waals surface area contributed by atoms with Gasteiger partial charge >= 0.3 is 0 Å². The normalized spacial score (nSPS) is 18.9. The summed E-state index contributed by atoms with van der Waals surface area (Å²) in [6, 6.07) is 7.17. The number of nitrogens with zero attached hydrogens (tertiary/aromatic N) is 8. The molecule has 1 aromatic carbocycles. The Morgan fingerprint density at radius 1 is 1.06 bits per heavy atom. The quantitative estimate of drug-likeness (QED) is 0.434. The van der Waals surface area contributed by atoms with E-state index < -0.39 is 11.6 Å². The molecule has 0 unspecified atom stereocenters. The fraction of sp³-hybridized carbons (Fsp3) is 0.400. The maximum Gasteiger partial charge on any atom is 0.257 e. The van der Waals surface area contributed by atoms with Crippen LogP contribution in [0.4, 0.5) is 14.5 Å². The highest BCUT2D eigenvalue weighted by molar-refractivity contribution is 6.01. The van der Waals surface area contributed by atoms with Crippen molar-refractivity contribution in [1.82, 2.24) is 34.7 Å². The average Bonchev–Trinajstić information content (AvgIpc) is 3.64. The third-order valence-corrected chi connectivity index (χ3v) is 7.31. The van der Waals surface area contributed by atoms with Crippen molar-refractivity contribution in [2.75, 3.05) is 24.5 Å². The summed E-state index contributed by atoms with van der Waals surface area (Å²) in [5, 5.41) is 16.7. The van der Waals surface area contributed by atoms with E-state index in [9.17, 15) is 13.6 Å². The molecular weight excluding hydrogens is 466 g/mol. The number of anilines is 1. The van der Waals surface area contributed by atoms with E-state index in [2.05, 4.69) is 25.4 Å². The van der Waals surface area contributed by atoms with Crippen LogP contribution in [0.5, 0.6) is 0 Å². The molecule has 186 valence electrons. The third kappa shape index (κ3) is 3.98. The van der Waals surface area contributed by atoms with Crippen LogP contribution in [0.3, 0.4) is 0 Å². The minimum Gasteiger partial charge on any atom is -0.364 e. The molecule has 1 amide bonds. The van der Waals surface area contributed by atoms with E-state index in [1.54, 1.807) is 17.8 Å². The first kappa shape index (κ1) is 22.6. The lowest BCUT2D eigenvalue weighted by molar-refractivity contribution is 0.0713. The predicted molar refractivity (Wildman–Crippen MR) is 128 cm³/mol. The lowest BCUT2D eigenvalue weighted by Gasteiger charge is -2.30. The van der Waals surface area contributed by atoms with E-state index in [1.807, 2.05) is 23.2 Å².